The minimum atomic E-state index is 0.379. The van der Waals surface area contributed by atoms with Gasteiger partial charge in [0.15, 0.2) is 0 Å². The van der Waals surface area contributed by atoms with Gasteiger partial charge in [0.1, 0.15) is 11.6 Å². The van der Waals surface area contributed by atoms with Gasteiger partial charge in [-0.2, -0.15) is 11.8 Å². The highest BCUT2D eigenvalue weighted by Crippen LogP contribution is 2.43. The summed E-state index contributed by atoms with van der Waals surface area (Å²) in [6.07, 6.45) is 0. The fourth-order valence-corrected chi connectivity index (χ4v) is 4.75. The van der Waals surface area contributed by atoms with Crippen LogP contribution in [0.25, 0.3) is 0 Å². The number of aromatic nitrogens is 2. The summed E-state index contributed by atoms with van der Waals surface area (Å²) in [6.45, 7) is 6.56. The molecule has 3 atom stereocenters. The van der Waals surface area contributed by atoms with E-state index in [4.69, 9.17) is 5.73 Å². The third-order valence-corrected chi connectivity index (χ3v) is 7.62. The molecule has 1 fully saturated rings. The van der Waals surface area contributed by atoms with Crippen molar-refractivity contribution < 1.29 is 0 Å². The first-order valence-corrected chi connectivity index (χ1v) is 8.62. The minimum Gasteiger partial charge on any atom is -0.383 e. The Balaban J connectivity index is 2.23. The highest BCUT2D eigenvalue weighted by atomic mass is 127. The first-order chi connectivity index (χ1) is 7.99. The number of nitrogens with zero attached hydrogens (tertiary/aromatic N) is 2. The maximum atomic E-state index is 5.92. The maximum Gasteiger partial charge on any atom is 0.144 e. The smallest absolute Gasteiger partial charge is 0.144 e. The Labute approximate surface area is 124 Å². The summed E-state index contributed by atoms with van der Waals surface area (Å²) in [4.78, 5) is 9.03. The van der Waals surface area contributed by atoms with Crippen molar-refractivity contribution in [2.45, 2.75) is 36.5 Å². The third kappa shape index (κ3) is 3.01. The second-order valence-corrected chi connectivity index (χ2v) is 8.31. The van der Waals surface area contributed by atoms with Crippen LogP contribution in [0.15, 0.2) is 0 Å². The van der Waals surface area contributed by atoms with Crippen molar-refractivity contribution in [1.29, 1.82) is 0 Å². The summed E-state index contributed by atoms with van der Waals surface area (Å²) in [5, 5.41) is 1.73. The zero-order valence-corrected chi connectivity index (χ0v) is 13.9. The lowest BCUT2D eigenvalue weighted by atomic mass is 10.3. The van der Waals surface area contributed by atoms with Crippen molar-refractivity contribution in [3.63, 3.8) is 0 Å². The molecule has 0 radical (unpaired) electrons. The molecule has 2 N–H and O–H groups in total. The van der Waals surface area contributed by atoms with E-state index in [9.17, 15) is 0 Å². The molecule has 1 aromatic rings. The Hall–Kier alpha value is 0.310. The lowest BCUT2D eigenvalue weighted by Gasteiger charge is -2.30. The van der Waals surface area contributed by atoms with Crippen molar-refractivity contribution in [3.05, 3.63) is 15.1 Å². The molecule has 3 nitrogen and oxygen atoms in total. The van der Waals surface area contributed by atoms with Gasteiger partial charge < -0.3 is 5.73 Å². The Morgan fingerprint density at radius 1 is 1.29 bits per heavy atom. The molecule has 1 saturated heterocycles. The maximum absolute atomic E-state index is 5.92. The van der Waals surface area contributed by atoms with Crippen molar-refractivity contribution in [1.82, 2.24) is 9.97 Å². The second kappa shape index (κ2) is 5.52. The van der Waals surface area contributed by atoms with Gasteiger partial charge in [0.2, 0.25) is 0 Å². The predicted molar refractivity (Wildman–Crippen MR) is 85.6 cm³/mol. The van der Waals surface area contributed by atoms with E-state index in [2.05, 4.69) is 46.4 Å². The van der Waals surface area contributed by atoms with Crippen LogP contribution in [0.4, 0.5) is 5.82 Å². The number of rotatable bonds is 1. The van der Waals surface area contributed by atoms with Crippen LogP contribution in [-0.4, -0.2) is 26.2 Å². The molecule has 17 heavy (non-hydrogen) atoms. The monoisotopic (exact) mass is 381 g/mol. The molecule has 0 aliphatic carbocycles. The molecule has 3 unspecified atom stereocenters. The van der Waals surface area contributed by atoms with E-state index in [0.717, 1.165) is 20.8 Å². The molecule has 0 amide bonds. The van der Waals surface area contributed by atoms with Crippen LogP contribution in [-0.2, 0) is 0 Å². The Morgan fingerprint density at radius 2 is 2.00 bits per heavy atom. The first-order valence-electron chi connectivity index (χ1n) is 5.55. The highest BCUT2D eigenvalue weighted by molar-refractivity contribution is 14.1. The Kier molecular flexibility index (Phi) is 4.46. The Bertz CT molecular complexity index is 404. The molecular weight excluding hydrogens is 365 g/mol. The standard InChI is InChI=1S/C11H16IN3S2/c1-5-9(12)10(13)15-11(14-5)8-4-16-6(2)7(3)17-8/h6-8H,4H2,1-3H3,(H2,13,14,15). The van der Waals surface area contributed by atoms with E-state index in [1.807, 2.05) is 30.4 Å². The molecule has 6 heteroatoms. The second-order valence-electron chi connectivity index (χ2n) is 4.23. The third-order valence-electron chi connectivity index (χ3n) is 2.90. The molecule has 0 saturated carbocycles. The van der Waals surface area contributed by atoms with Gasteiger partial charge in [0.05, 0.1) is 14.5 Å². The molecular formula is C11H16IN3S2. The van der Waals surface area contributed by atoms with Gasteiger partial charge in [-0.1, -0.05) is 13.8 Å². The molecule has 94 valence electrons. The average Bonchev–Trinajstić information content (AvgIpc) is 2.29. The molecule has 1 aliphatic heterocycles. The van der Waals surface area contributed by atoms with Crippen LogP contribution >= 0.6 is 46.1 Å². The minimum absolute atomic E-state index is 0.379. The normalized spacial score (nSPS) is 29.3. The topological polar surface area (TPSA) is 51.8 Å². The summed E-state index contributed by atoms with van der Waals surface area (Å²) >= 11 is 6.17. The number of nitrogen functional groups attached to an aromatic ring is 1. The molecule has 0 bridgehead atoms. The van der Waals surface area contributed by atoms with Crippen LogP contribution in [0.2, 0.25) is 0 Å². The largest absolute Gasteiger partial charge is 0.383 e. The zero-order chi connectivity index (χ0) is 12.6. The van der Waals surface area contributed by atoms with Crippen LogP contribution in [0.3, 0.4) is 0 Å². The van der Waals surface area contributed by atoms with Crippen molar-refractivity contribution >= 4 is 51.9 Å². The summed E-state index contributed by atoms with van der Waals surface area (Å²) in [7, 11) is 0. The van der Waals surface area contributed by atoms with Crippen molar-refractivity contribution in [3.8, 4) is 0 Å². The predicted octanol–water partition coefficient (Wildman–Crippen LogP) is 3.27. The van der Waals surface area contributed by atoms with Gasteiger partial charge in [0, 0.05) is 16.3 Å². The number of thioether (sulfide) groups is 2. The summed E-state index contributed by atoms with van der Waals surface area (Å²) in [6, 6.07) is 0. The average molecular weight is 381 g/mol. The SMILES string of the molecule is Cc1nc(C2CSC(C)C(C)S2)nc(N)c1I. The van der Waals surface area contributed by atoms with E-state index in [1.165, 1.54) is 0 Å². The number of aryl methyl sites for hydroxylation is 1. The molecule has 1 aliphatic rings. The van der Waals surface area contributed by atoms with Gasteiger partial charge in [-0.25, -0.2) is 9.97 Å². The number of hydrogen-bond acceptors (Lipinski definition) is 5. The van der Waals surface area contributed by atoms with E-state index in [0.29, 0.717) is 21.6 Å². The fraction of sp³-hybridized carbons (Fsp3) is 0.636. The van der Waals surface area contributed by atoms with E-state index >= 15 is 0 Å². The van der Waals surface area contributed by atoms with E-state index < -0.39 is 0 Å². The number of hydrogen-bond donors (Lipinski definition) is 1. The quantitative estimate of drug-likeness (QED) is 0.757. The lowest BCUT2D eigenvalue weighted by Crippen LogP contribution is -2.23. The fourth-order valence-electron chi connectivity index (χ4n) is 1.67. The first kappa shape index (κ1) is 13.7. The lowest BCUT2D eigenvalue weighted by molar-refractivity contribution is 0.852. The zero-order valence-electron chi connectivity index (χ0n) is 10.1. The van der Waals surface area contributed by atoms with Crippen molar-refractivity contribution in [2.24, 2.45) is 0 Å². The summed E-state index contributed by atoms with van der Waals surface area (Å²) in [5.41, 5.74) is 6.91. The van der Waals surface area contributed by atoms with Gasteiger partial charge in [-0.3, -0.25) is 0 Å². The molecule has 0 aromatic carbocycles. The van der Waals surface area contributed by atoms with Crippen molar-refractivity contribution in [2.75, 3.05) is 11.5 Å². The van der Waals surface area contributed by atoms with Crippen LogP contribution in [0.1, 0.15) is 30.6 Å². The van der Waals surface area contributed by atoms with Gasteiger partial charge >= 0.3 is 0 Å². The molecule has 1 aromatic heterocycles. The molecule has 2 rings (SSSR count). The molecule has 0 spiro atoms. The number of anilines is 1. The van der Waals surface area contributed by atoms with E-state index in [-0.39, 0.29) is 0 Å². The molecule has 2 heterocycles. The number of nitrogens with two attached hydrogens (primary N) is 1. The van der Waals surface area contributed by atoms with Crippen LogP contribution < -0.4 is 5.73 Å². The Morgan fingerprint density at radius 3 is 2.59 bits per heavy atom. The summed E-state index contributed by atoms with van der Waals surface area (Å²) in [5.74, 6) is 2.59. The van der Waals surface area contributed by atoms with Crippen LogP contribution in [0.5, 0.6) is 0 Å². The van der Waals surface area contributed by atoms with E-state index in [1.54, 1.807) is 0 Å². The highest BCUT2D eigenvalue weighted by Gasteiger charge is 2.29. The van der Waals surface area contributed by atoms with Gasteiger partial charge in [-0.15, -0.1) is 11.8 Å². The summed E-state index contributed by atoms with van der Waals surface area (Å²) < 4.78 is 0.973. The van der Waals surface area contributed by atoms with Gasteiger partial charge in [0.25, 0.3) is 0 Å². The number of halogens is 1. The van der Waals surface area contributed by atoms with Crippen LogP contribution in [0, 0.1) is 10.5 Å². The van der Waals surface area contributed by atoms with Gasteiger partial charge in [-0.05, 0) is 29.5 Å².